The summed E-state index contributed by atoms with van der Waals surface area (Å²) in [6, 6.07) is 22.2. The van der Waals surface area contributed by atoms with Crippen LogP contribution in [0.15, 0.2) is 90.0 Å². The molecule has 0 aliphatic carbocycles. The summed E-state index contributed by atoms with van der Waals surface area (Å²) in [4.78, 5) is 36.5. The van der Waals surface area contributed by atoms with Crippen molar-refractivity contribution in [1.82, 2.24) is 14.8 Å². The number of sulfonamides is 1. The molecule has 1 saturated heterocycles. The molecule has 1 N–H and O–H groups in total. The zero-order valence-corrected chi connectivity index (χ0v) is 27.5. The molecule has 3 aromatic carbocycles. The molecule has 2 amide bonds. The van der Waals surface area contributed by atoms with E-state index in [0.29, 0.717) is 30.1 Å². The number of likely N-dealkylation sites (N-methyl/N-ethyl adjacent to an activating group) is 1. The van der Waals surface area contributed by atoms with Crippen LogP contribution >= 0.6 is 0 Å². The van der Waals surface area contributed by atoms with Gasteiger partial charge in [-0.25, -0.2) is 13.4 Å². The SMILES string of the molecule is CCOc1ncccc1C1(Nc2ccc(C(=O)N3CCN(C)CC3)cc2)C(=O)N(S(=O)(=O)c2ccc(OC)cc2)c2ccc(C#N)cc21. The molecule has 0 bridgehead atoms. The zero-order valence-electron chi connectivity index (χ0n) is 26.7. The maximum absolute atomic E-state index is 15.0. The van der Waals surface area contributed by atoms with Gasteiger partial charge in [-0.1, -0.05) is 0 Å². The second-order valence-electron chi connectivity index (χ2n) is 11.4. The molecule has 0 radical (unpaired) electrons. The normalized spacial score (nSPS) is 17.8. The number of nitriles is 1. The number of aromatic nitrogens is 1. The number of rotatable bonds is 9. The van der Waals surface area contributed by atoms with E-state index < -0.39 is 21.5 Å². The standard InChI is InChI=1S/C35H34N6O6S/c1-4-47-32-29(6-5-17-37-32)35(38-26-10-8-25(9-11-26)33(42)40-20-18-39(2)19-21-40)30-22-24(23-36)7-16-31(30)41(34(35)43)48(44,45)28-14-12-27(46-3)13-15-28/h5-17,22,38H,4,18-21H2,1-3H3. The number of benzene rings is 3. The average Bonchev–Trinajstić information content (AvgIpc) is 3.36. The molecule has 48 heavy (non-hydrogen) atoms. The van der Waals surface area contributed by atoms with Crippen LogP contribution in [0.3, 0.4) is 0 Å². The molecule has 0 saturated carbocycles. The Labute approximate surface area is 279 Å². The van der Waals surface area contributed by atoms with Gasteiger partial charge in [0.1, 0.15) is 5.75 Å². The van der Waals surface area contributed by atoms with Crippen LogP contribution in [0, 0.1) is 11.3 Å². The first-order chi connectivity index (χ1) is 23.1. The largest absolute Gasteiger partial charge is 0.497 e. The molecule has 1 unspecified atom stereocenters. The lowest BCUT2D eigenvalue weighted by Crippen LogP contribution is -2.49. The quantitative estimate of drug-likeness (QED) is 0.280. The maximum Gasteiger partial charge on any atom is 0.276 e. The van der Waals surface area contributed by atoms with E-state index in [4.69, 9.17) is 9.47 Å². The van der Waals surface area contributed by atoms with E-state index in [0.717, 1.165) is 17.4 Å². The summed E-state index contributed by atoms with van der Waals surface area (Å²) in [6.07, 6.45) is 1.51. The van der Waals surface area contributed by atoms with E-state index in [2.05, 4.69) is 21.3 Å². The van der Waals surface area contributed by atoms with Gasteiger partial charge in [0.05, 0.1) is 41.5 Å². The molecule has 2 aliphatic rings. The molecule has 2 aliphatic heterocycles. The summed E-state index contributed by atoms with van der Waals surface area (Å²) in [5.41, 5.74) is -0.273. The number of hydrogen-bond donors (Lipinski definition) is 1. The van der Waals surface area contributed by atoms with Gasteiger partial charge in [0.2, 0.25) is 5.88 Å². The fourth-order valence-corrected chi connectivity index (χ4v) is 7.50. The third-order valence-corrected chi connectivity index (χ3v) is 10.3. The molecule has 4 aromatic rings. The van der Waals surface area contributed by atoms with Gasteiger partial charge in [-0.15, -0.1) is 0 Å². The first kappa shape index (κ1) is 32.5. The van der Waals surface area contributed by atoms with Crippen molar-refractivity contribution in [2.75, 3.05) is 56.6 Å². The minimum atomic E-state index is -4.49. The molecule has 3 heterocycles. The van der Waals surface area contributed by atoms with Gasteiger partial charge in [-0.2, -0.15) is 9.57 Å². The van der Waals surface area contributed by atoms with E-state index in [1.54, 1.807) is 48.2 Å². The van der Waals surface area contributed by atoms with Crippen molar-refractivity contribution < 1.29 is 27.5 Å². The Bertz CT molecular complexity index is 2000. The highest BCUT2D eigenvalue weighted by Gasteiger charge is 2.58. The van der Waals surface area contributed by atoms with Crippen molar-refractivity contribution in [2.45, 2.75) is 17.4 Å². The van der Waals surface area contributed by atoms with Gasteiger partial charge in [0, 0.05) is 49.2 Å². The number of piperazine rings is 1. The Morgan fingerprint density at radius 3 is 2.35 bits per heavy atom. The number of nitrogens with zero attached hydrogens (tertiary/aromatic N) is 5. The molecule has 1 atom stereocenters. The van der Waals surface area contributed by atoms with Gasteiger partial charge in [-0.3, -0.25) is 9.59 Å². The van der Waals surface area contributed by atoms with Gasteiger partial charge in [0.25, 0.3) is 21.8 Å². The summed E-state index contributed by atoms with van der Waals surface area (Å²) in [5.74, 6) is -0.398. The van der Waals surface area contributed by atoms with Crippen LogP contribution in [0.25, 0.3) is 0 Å². The maximum atomic E-state index is 15.0. The van der Waals surface area contributed by atoms with Crippen LogP contribution in [-0.4, -0.2) is 82.0 Å². The number of ether oxygens (including phenoxy) is 2. The lowest BCUT2D eigenvalue weighted by Gasteiger charge is -2.33. The number of methoxy groups -OCH3 is 1. The Morgan fingerprint density at radius 2 is 1.71 bits per heavy atom. The van der Waals surface area contributed by atoms with Gasteiger partial charge < -0.3 is 24.6 Å². The highest BCUT2D eigenvalue weighted by atomic mass is 32.2. The fraction of sp³-hybridized carbons (Fsp3) is 0.257. The third kappa shape index (κ3) is 5.59. The number of carbonyl (C=O) groups is 2. The van der Waals surface area contributed by atoms with Crippen molar-refractivity contribution in [3.8, 4) is 17.7 Å². The van der Waals surface area contributed by atoms with Gasteiger partial charge in [0.15, 0.2) is 5.54 Å². The van der Waals surface area contributed by atoms with Crippen LogP contribution in [0.4, 0.5) is 11.4 Å². The van der Waals surface area contributed by atoms with Crippen LogP contribution in [0.2, 0.25) is 0 Å². The third-order valence-electron chi connectivity index (χ3n) is 8.56. The van der Waals surface area contributed by atoms with Crippen molar-refractivity contribution in [2.24, 2.45) is 0 Å². The number of hydrogen-bond acceptors (Lipinski definition) is 10. The minimum Gasteiger partial charge on any atom is -0.497 e. The zero-order chi connectivity index (χ0) is 34.1. The summed E-state index contributed by atoms with van der Waals surface area (Å²) < 4.78 is 40.5. The monoisotopic (exact) mass is 666 g/mol. The lowest BCUT2D eigenvalue weighted by atomic mass is 9.83. The predicted molar refractivity (Wildman–Crippen MR) is 178 cm³/mol. The van der Waals surface area contributed by atoms with Gasteiger partial charge in [-0.05, 0) is 92.8 Å². The van der Waals surface area contributed by atoms with E-state index >= 15 is 4.79 Å². The highest BCUT2D eigenvalue weighted by Crippen LogP contribution is 2.50. The van der Waals surface area contributed by atoms with E-state index in [1.807, 2.05) is 7.05 Å². The predicted octanol–water partition coefficient (Wildman–Crippen LogP) is 3.84. The lowest BCUT2D eigenvalue weighted by molar-refractivity contribution is -0.120. The Kier molecular flexibility index (Phi) is 8.79. The molecule has 12 nitrogen and oxygen atoms in total. The number of anilines is 2. The van der Waals surface area contributed by atoms with Crippen LogP contribution in [-0.2, 0) is 20.4 Å². The second kappa shape index (κ2) is 13.0. The molecule has 6 rings (SSSR count). The van der Waals surface area contributed by atoms with E-state index in [9.17, 15) is 18.5 Å². The topological polar surface area (TPSA) is 145 Å². The summed E-state index contributed by atoms with van der Waals surface area (Å²) >= 11 is 0. The number of nitrogens with one attached hydrogen (secondary N) is 1. The number of fused-ring (bicyclic) bond motifs is 1. The average molecular weight is 667 g/mol. The number of carbonyl (C=O) groups excluding carboxylic acids is 2. The first-order valence-electron chi connectivity index (χ1n) is 15.4. The summed E-state index contributed by atoms with van der Waals surface area (Å²) in [5, 5.41) is 13.2. The Morgan fingerprint density at radius 1 is 1.00 bits per heavy atom. The van der Waals surface area contributed by atoms with E-state index in [-0.39, 0.29) is 45.7 Å². The molecule has 1 fully saturated rings. The molecule has 0 spiro atoms. The fourth-order valence-electron chi connectivity index (χ4n) is 6.03. The minimum absolute atomic E-state index is 0.0653. The molecule has 246 valence electrons. The summed E-state index contributed by atoms with van der Waals surface area (Å²) in [6.45, 7) is 4.78. The van der Waals surface area contributed by atoms with Crippen molar-refractivity contribution in [3.05, 3.63) is 107 Å². The second-order valence-corrected chi connectivity index (χ2v) is 13.2. The smallest absolute Gasteiger partial charge is 0.276 e. The van der Waals surface area contributed by atoms with Crippen LogP contribution in [0.1, 0.15) is 34.0 Å². The van der Waals surface area contributed by atoms with Crippen molar-refractivity contribution >= 4 is 33.2 Å². The number of pyridine rings is 1. The molecular formula is C35H34N6O6S. The summed E-state index contributed by atoms with van der Waals surface area (Å²) in [7, 11) is -1.00. The van der Waals surface area contributed by atoms with E-state index in [1.165, 1.54) is 55.8 Å². The molecule has 13 heteroatoms. The van der Waals surface area contributed by atoms with Gasteiger partial charge >= 0.3 is 0 Å². The van der Waals surface area contributed by atoms with Crippen LogP contribution in [0.5, 0.6) is 11.6 Å². The van der Waals surface area contributed by atoms with Crippen LogP contribution < -0.4 is 19.1 Å². The first-order valence-corrected chi connectivity index (χ1v) is 16.8. The molecule has 1 aromatic heterocycles. The Balaban J connectivity index is 1.50. The van der Waals surface area contributed by atoms with Crippen molar-refractivity contribution in [1.29, 1.82) is 5.26 Å². The van der Waals surface area contributed by atoms with Crippen molar-refractivity contribution in [3.63, 3.8) is 0 Å². The number of amides is 2. The molecular weight excluding hydrogens is 632 g/mol. The Hall–Kier alpha value is -5.45. The highest BCUT2D eigenvalue weighted by molar-refractivity contribution is 7.93.